The number of nitrogens with zero attached hydrogens (tertiary/aromatic N) is 1. The van der Waals surface area contributed by atoms with Gasteiger partial charge in [-0.3, -0.25) is 0 Å². The number of anilines is 1. The molecule has 3 nitrogen and oxygen atoms in total. The Morgan fingerprint density at radius 2 is 2.09 bits per heavy atom. The second-order valence-electron chi connectivity index (χ2n) is 6.66. The van der Waals surface area contributed by atoms with Crippen molar-refractivity contribution in [3.8, 4) is 0 Å². The Balaban J connectivity index is 2.27. The standard InChI is InChI=1S/C19H30BrNO2/c1-4-6-7-8-19(22,5-2)16-11-17(20)13-18(12-16)21-9-10-23-14-15(21)3/h11-13,15,22H,4-10,14H2,1-3H3/t15?,19-/m1/s1. The predicted octanol–water partition coefficient (Wildman–Crippen LogP) is 4.85. The van der Waals surface area contributed by atoms with E-state index >= 15 is 0 Å². The first-order chi connectivity index (χ1) is 11.0. The Morgan fingerprint density at radius 3 is 2.74 bits per heavy atom. The third-order valence-corrected chi connectivity index (χ3v) is 5.36. The molecule has 1 unspecified atom stereocenters. The summed E-state index contributed by atoms with van der Waals surface area (Å²) in [7, 11) is 0. The molecule has 0 aliphatic carbocycles. The van der Waals surface area contributed by atoms with E-state index in [4.69, 9.17) is 4.74 Å². The summed E-state index contributed by atoms with van der Waals surface area (Å²) in [5, 5.41) is 11.2. The molecule has 0 bridgehead atoms. The minimum atomic E-state index is -0.733. The summed E-state index contributed by atoms with van der Waals surface area (Å²) in [6.45, 7) is 8.88. The number of ether oxygens (including phenoxy) is 1. The molecule has 0 aromatic heterocycles. The number of hydrogen-bond donors (Lipinski definition) is 1. The van der Waals surface area contributed by atoms with Gasteiger partial charge in [0, 0.05) is 22.7 Å². The molecule has 0 radical (unpaired) electrons. The van der Waals surface area contributed by atoms with Gasteiger partial charge in [0.1, 0.15) is 0 Å². The van der Waals surface area contributed by atoms with Gasteiger partial charge in [0.05, 0.1) is 18.8 Å². The quantitative estimate of drug-likeness (QED) is 0.682. The first kappa shape index (κ1) is 18.8. The molecule has 1 aromatic carbocycles. The van der Waals surface area contributed by atoms with Crippen LogP contribution in [-0.2, 0) is 10.3 Å². The summed E-state index contributed by atoms with van der Waals surface area (Å²) in [6, 6.07) is 6.75. The number of aliphatic hydroxyl groups is 1. The lowest BCUT2D eigenvalue weighted by Gasteiger charge is -2.36. The van der Waals surface area contributed by atoms with Crippen molar-refractivity contribution in [2.45, 2.75) is 64.5 Å². The maximum atomic E-state index is 11.2. The molecule has 1 aliphatic heterocycles. The van der Waals surface area contributed by atoms with E-state index in [-0.39, 0.29) is 0 Å². The number of morpholine rings is 1. The van der Waals surface area contributed by atoms with Gasteiger partial charge in [0.2, 0.25) is 0 Å². The van der Waals surface area contributed by atoms with Crippen molar-refractivity contribution in [2.24, 2.45) is 0 Å². The van der Waals surface area contributed by atoms with Crippen LogP contribution in [0.5, 0.6) is 0 Å². The van der Waals surface area contributed by atoms with E-state index in [9.17, 15) is 5.11 Å². The van der Waals surface area contributed by atoms with E-state index in [0.717, 1.165) is 49.1 Å². The average molecular weight is 384 g/mol. The highest BCUT2D eigenvalue weighted by atomic mass is 79.9. The Morgan fingerprint density at radius 1 is 1.30 bits per heavy atom. The first-order valence-corrected chi connectivity index (χ1v) is 9.67. The van der Waals surface area contributed by atoms with Crippen molar-refractivity contribution in [3.05, 3.63) is 28.2 Å². The van der Waals surface area contributed by atoms with Crippen molar-refractivity contribution in [1.29, 1.82) is 0 Å². The molecule has 1 fully saturated rings. The van der Waals surface area contributed by atoms with Crippen LogP contribution in [0.25, 0.3) is 0 Å². The number of rotatable bonds is 7. The highest BCUT2D eigenvalue weighted by Gasteiger charge is 2.28. The summed E-state index contributed by atoms with van der Waals surface area (Å²) in [5.74, 6) is 0. The van der Waals surface area contributed by atoms with Gasteiger partial charge in [-0.15, -0.1) is 0 Å². The second-order valence-corrected chi connectivity index (χ2v) is 7.57. The number of halogens is 1. The average Bonchev–Trinajstić information content (AvgIpc) is 2.54. The summed E-state index contributed by atoms with van der Waals surface area (Å²) >= 11 is 3.63. The third-order valence-electron chi connectivity index (χ3n) is 4.90. The van der Waals surface area contributed by atoms with Crippen LogP contribution in [0.4, 0.5) is 5.69 Å². The zero-order valence-corrected chi connectivity index (χ0v) is 16.2. The minimum absolute atomic E-state index is 0.362. The van der Waals surface area contributed by atoms with Crippen molar-refractivity contribution in [3.63, 3.8) is 0 Å². The Hall–Kier alpha value is -0.580. The van der Waals surface area contributed by atoms with Gasteiger partial charge in [0.15, 0.2) is 0 Å². The van der Waals surface area contributed by atoms with Gasteiger partial charge in [0.25, 0.3) is 0 Å². The fourth-order valence-corrected chi connectivity index (χ4v) is 3.79. The lowest BCUT2D eigenvalue weighted by atomic mass is 9.85. The lowest BCUT2D eigenvalue weighted by molar-refractivity contribution is 0.0207. The van der Waals surface area contributed by atoms with Crippen LogP contribution in [0.2, 0.25) is 0 Å². The fraction of sp³-hybridized carbons (Fsp3) is 0.684. The molecular weight excluding hydrogens is 354 g/mol. The highest BCUT2D eigenvalue weighted by Crippen LogP contribution is 2.36. The van der Waals surface area contributed by atoms with Crippen molar-refractivity contribution in [1.82, 2.24) is 0 Å². The maximum absolute atomic E-state index is 11.2. The molecule has 1 aliphatic rings. The van der Waals surface area contributed by atoms with Gasteiger partial charge in [-0.2, -0.15) is 0 Å². The fourth-order valence-electron chi connectivity index (χ4n) is 3.31. The van der Waals surface area contributed by atoms with Crippen LogP contribution < -0.4 is 4.90 Å². The third kappa shape index (κ3) is 4.71. The van der Waals surface area contributed by atoms with Crippen LogP contribution >= 0.6 is 15.9 Å². The molecule has 23 heavy (non-hydrogen) atoms. The molecule has 130 valence electrons. The number of benzene rings is 1. The molecule has 1 aromatic rings. The summed E-state index contributed by atoms with van der Waals surface area (Å²) in [5.41, 5.74) is 1.47. The summed E-state index contributed by atoms with van der Waals surface area (Å²) in [4.78, 5) is 2.37. The molecule has 0 spiro atoms. The first-order valence-electron chi connectivity index (χ1n) is 8.88. The van der Waals surface area contributed by atoms with E-state index in [2.05, 4.69) is 59.8 Å². The molecule has 0 saturated carbocycles. The molecule has 2 atom stereocenters. The van der Waals surface area contributed by atoms with Gasteiger partial charge >= 0.3 is 0 Å². The monoisotopic (exact) mass is 383 g/mol. The zero-order chi connectivity index (χ0) is 16.9. The van der Waals surface area contributed by atoms with E-state index < -0.39 is 5.60 Å². The topological polar surface area (TPSA) is 32.7 Å². The molecular formula is C19H30BrNO2. The van der Waals surface area contributed by atoms with Gasteiger partial charge in [-0.25, -0.2) is 0 Å². The highest BCUT2D eigenvalue weighted by molar-refractivity contribution is 9.10. The van der Waals surface area contributed by atoms with E-state index in [1.165, 1.54) is 18.5 Å². The van der Waals surface area contributed by atoms with Crippen molar-refractivity contribution < 1.29 is 9.84 Å². The Bertz CT molecular complexity index is 508. The van der Waals surface area contributed by atoms with Crippen LogP contribution in [0.15, 0.2) is 22.7 Å². The largest absolute Gasteiger partial charge is 0.385 e. The van der Waals surface area contributed by atoms with Gasteiger partial charge in [-0.05, 0) is 43.5 Å². The zero-order valence-electron chi connectivity index (χ0n) is 14.6. The number of hydrogen-bond acceptors (Lipinski definition) is 3. The predicted molar refractivity (Wildman–Crippen MR) is 100 cm³/mol. The molecule has 0 amide bonds. The molecule has 1 heterocycles. The normalized spacial score (nSPS) is 21.3. The SMILES string of the molecule is CCCCC[C@](O)(CC)c1cc(Br)cc(N2CCOCC2C)c1. The van der Waals surface area contributed by atoms with E-state index in [0.29, 0.717) is 6.04 Å². The van der Waals surface area contributed by atoms with Gasteiger partial charge in [-0.1, -0.05) is 49.0 Å². The van der Waals surface area contributed by atoms with Gasteiger partial charge < -0.3 is 14.7 Å². The second kappa shape index (κ2) is 8.50. The smallest absolute Gasteiger partial charge is 0.0895 e. The van der Waals surface area contributed by atoms with E-state index in [1.54, 1.807) is 0 Å². The number of unbranched alkanes of at least 4 members (excludes halogenated alkanes) is 2. The molecule has 2 rings (SSSR count). The van der Waals surface area contributed by atoms with Crippen molar-refractivity contribution in [2.75, 3.05) is 24.7 Å². The van der Waals surface area contributed by atoms with Crippen LogP contribution in [0.1, 0.15) is 58.4 Å². The summed E-state index contributed by atoms with van der Waals surface area (Å²) in [6.07, 6.45) is 4.98. The lowest BCUT2D eigenvalue weighted by Crippen LogP contribution is -2.43. The van der Waals surface area contributed by atoms with Crippen LogP contribution in [0.3, 0.4) is 0 Å². The van der Waals surface area contributed by atoms with Crippen molar-refractivity contribution >= 4 is 21.6 Å². The van der Waals surface area contributed by atoms with Crippen LogP contribution in [-0.4, -0.2) is 30.9 Å². The maximum Gasteiger partial charge on any atom is 0.0895 e. The minimum Gasteiger partial charge on any atom is -0.385 e. The molecule has 4 heteroatoms. The summed E-state index contributed by atoms with van der Waals surface area (Å²) < 4.78 is 6.58. The Kier molecular flexibility index (Phi) is 6.93. The Labute approximate surface area is 149 Å². The van der Waals surface area contributed by atoms with Crippen LogP contribution in [0, 0.1) is 0 Å². The van der Waals surface area contributed by atoms with E-state index in [1.807, 2.05) is 0 Å². The molecule has 1 saturated heterocycles. The molecule has 1 N–H and O–H groups in total.